The van der Waals surface area contributed by atoms with Gasteiger partial charge in [0.2, 0.25) is 5.91 Å². The van der Waals surface area contributed by atoms with Gasteiger partial charge in [-0.2, -0.15) is 0 Å². The van der Waals surface area contributed by atoms with Gasteiger partial charge in [0.1, 0.15) is 12.2 Å². The van der Waals surface area contributed by atoms with Crippen LogP contribution in [0.3, 0.4) is 0 Å². The summed E-state index contributed by atoms with van der Waals surface area (Å²) in [6, 6.07) is 15.1. The van der Waals surface area contributed by atoms with E-state index in [2.05, 4.69) is 15.3 Å². The Kier molecular flexibility index (Phi) is 4.92. The van der Waals surface area contributed by atoms with Crippen LogP contribution in [0.1, 0.15) is 18.5 Å². The number of hydrogen-bond acceptors (Lipinski definition) is 4. The van der Waals surface area contributed by atoms with Gasteiger partial charge in [0.15, 0.2) is 5.82 Å². The van der Waals surface area contributed by atoms with E-state index in [4.69, 9.17) is 11.6 Å². The number of carbonyl (C=O) groups excluding carboxylic acids is 1. The highest BCUT2D eigenvalue weighted by molar-refractivity contribution is 7.07. The van der Waals surface area contributed by atoms with Crippen LogP contribution in [0.5, 0.6) is 0 Å². The van der Waals surface area contributed by atoms with Crippen molar-refractivity contribution >= 4 is 39.9 Å². The first-order chi connectivity index (χ1) is 13.1. The normalized spacial score (nSPS) is 12.2. The van der Waals surface area contributed by atoms with E-state index in [0.29, 0.717) is 10.8 Å². The zero-order valence-corrected chi connectivity index (χ0v) is 16.2. The van der Waals surface area contributed by atoms with E-state index < -0.39 is 0 Å². The Morgan fingerprint density at radius 1 is 1.22 bits per heavy atom. The number of nitrogens with one attached hydrogen (secondary N) is 1. The number of rotatable bonds is 5. The summed E-state index contributed by atoms with van der Waals surface area (Å²) in [7, 11) is 0. The number of hydrogen-bond donors (Lipinski definition) is 1. The largest absolute Gasteiger partial charge is 0.348 e. The number of nitrogens with zero attached hydrogens (tertiary/aromatic N) is 3. The van der Waals surface area contributed by atoms with E-state index in [1.807, 2.05) is 65.4 Å². The molecule has 0 bridgehead atoms. The van der Waals surface area contributed by atoms with Gasteiger partial charge in [-0.3, -0.25) is 4.79 Å². The van der Waals surface area contributed by atoms with Crippen LogP contribution in [-0.4, -0.2) is 20.4 Å². The van der Waals surface area contributed by atoms with E-state index in [0.717, 1.165) is 22.3 Å². The number of fused-ring (bicyclic) bond motifs is 1. The highest BCUT2D eigenvalue weighted by atomic mass is 35.5. The fourth-order valence-electron chi connectivity index (χ4n) is 3.09. The van der Waals surface area contributed by atoms with Gasteiger partial charge in [0.05, 0.1) is 22.6 Å². The van der Waals surface area contributed by atoms with Crippen molar-refractivity contribution in [2.24, 2.45) is 0 Å². The van der Waals surface area contributed by atoms with Crippen LogP contribution in [0.15, 0.2) is 59.4 Å². The summed E-state index contributed by atoms with van der Waals surface area (Å²) in [4.78, 5) is 21.8. The maximum absolute atomic E-state index is 12.8. The average Bonchev–Trinajstić information content (AvgIpc) is 3.30. The fourth-order valence-corrected chi connectivity index (χ4v) is 3.92. The molecular weight excluding hydrogens is 380 g/mol. The van der Waals surface area contributed by atoms with Crippen LogP contribution in [0, 0.1) is 0 Å². The Morgan fingerprint density at radius 2 is 2.00 bits per heavy atom. The van der Waals surface area contributed by atoms with Gasteiger partial charge >= 0.3 is 0 Å². The molecule has 136 valence electrons. The summed E-state index contributed by atoms with van der Waals surface area (Å²) in [6.45, 7) is 2.08. The van der Waals surface area contributed by atoms with E-state index in [1.165, 1.54) is 11.3 Å². The number of benzene rings is 2. The standard InChI is InChI=1S/C20H17ClN4OS/c1-13(14-6-2-3-7-15(14)21)23-19(26)10-25-18-9-5-4-8-16(18)24-20(25)17-11-27-12-22-17/h2-9,11-13H,10H2,1H3,(H,23,26)/t13-/m1/s1. The van der Waals surface area contributed by atoms with Gasteiger partial charge < -0.3 is 9.88 Å². The molecule has 27 heavy (non-hydrogen) atoms. The summed E-state index contributed by atoms with van der Waals surface area (Å²) >= 11 is 7.74. The summed E-state index contributed by atoms with van der Waals surface area (Å²) < 4.78 is 1.90. The Hall–Kier alpha value is -2.70. The van der Waals surface area contributed by atoms with E-state index in [-0.39, 0.29) is 18.5 Å². The van der Waals surface area contributed by atoms with Gasteiger partial charge in [-0.25, -0.2) is 9.97 Å². The quantitative estimate of drug-likeness (QED) is 0.532. The van der Waals surface area contributed by atoms with Crippen molar-refractivity contribution in [3.8, 4) is 11.5 Å². The number of halogens is 1. The maximum atomic E-state index is 12.8. The highest BCUT2D eigenvalue weighted by Gasteiger charge is 2.18. The first-order valence-corrected chi connectivity index (χ1v) is 9.83. The predicted octanol–water partition coefficient (Wildman–Crippen LogP) is 4.69. The molecule has 1 amide bonds. The number of carbonyl (C=O) groups is 1. The average molecular weight is 397 g/mol. The van der Waals surface area contributed by atoms with Crippen molar-refractivity contribution in [1.82, 2.24) is 19.9 Å². The third kappa shape index (κ3) is 3.59. The SMILES string of the molecule is C[C@@H](NC(=O)Cn1c(-c2cscn2)nc2ccccc21)c1ccccc1Cl. The lowest BCUT2D eigenvalue weighted by molar-refractivity contribution is -0.122. The molecule has 2 heterocycles. The molecule has 1 atom stereocenters. The van der Waals surface area contributed by atoms with Crippen LogP contribution in [0.25, 0.3) is 22.6 Å². The van der Waals surface area contributed by atoms with Crippen molar-refractivity contribution < 1.29 is 4.79 Å². The van der Waals surface area contributed by atoms with Crippen LogP contribution in [-0.2, 0) is 11.3 Å². The molecular formula is C20H17ClN4OS. The molecule has 0 aliphatic heterocycles. The third-order valence-electron chi connectivity index (χ3n) is 4.37. The van der Waals surface area contributed by atoms with Gasteiger partial charge in [-0.15, -0.1) is 11.3 Å². The van der Waals surface area contributed by atoms with Crippen LogP contribution < -0.4 is 5.32 Å². The first-order valence-electron chi connectivity index (χ1n) is 8.51. The number of para-hydroxylation sites is 2. The minimum absolute atomic E-state index is 0.109. The topological polar surface area (TPSA) is 59.8 Å². The molecule has 1 N–H and O–H groups in total. The molecule has 0 fully saturated rings. The third-order valence-corrected chi connectivity index (χ3v) is 5.30. The first kappa shape index (κ1) is 17.7. The molecule has 0 aliphatic rings. The molecule has 2 aromatic heterocycles. The smallest absolute Gasteiger partial charge is 0.240 e. The molecule has 0 radical (unpaired) electrons. The second-order valence-corrected chi connectivity index (χ2v) is 7.32. The molecule has 0 saturated heterocycles. The fraction of sp³-hybridized carbons (Fsp3) is 0.150. The van der Waals surface area contributed by atoms with Gasteiger partial charge in [0, 0.05) is 10.4 Å². The molecule has 0 saturated carbocycles. The predicted molar refractivity (Wildman–Crippen MR) is 109 cm³/mol. The summed E-state index contributed by atoms with van der Waals surface area (Å²) in [6.07, 6.45) is 0. The van der Waals surface area contributed by atoms with Gasteiger partial charge in [-0.05, 0) is 30.7 Å². The number of thiazole rings is 1. The van der Waals surface area contributed by atoms with Crippen molar-refractivity contribution in [1.29, 1.82) is 0 Å². The number of imidazole rings is 1. The molecule has 0 aliphatic carbocycles. The lowest BCUT2D eigenvalue weighted by atomic mass is 10.1. The summed E-state index contributed by atoms with van der Waals surface area (Å²) in [5.41, 5.74) is 5.16. The van der Waals surface area contributed by atoms with Crippen molar-refractivity contribution in [3.63, 3.8) is 0 Å². The van der Waals surface area contributed by atoms with Gasteiger partial charge in [0.25, 0.3) is 0 Å². The van der Waals surface area contributed by atoms with E-state index >= 15 is 0 Å². The van der Waals surface area contributed by atoms with Crippen LogP contribution in [0.2, 0.25) is 5.02 Å². The maximum Gasteiger partial charge on any atom is 0.240 e. The second kappa shape index (κ2) is 7.50. The van der Waals surface area contributed by atoms with E-state index in [9.17, 15) is 4.79 Å². The second-order valence-electron chi connectivity index (χ2n) is 6.19. The lowest BCUT2D eigenvalue weighted by Crippen LogP contribution is -2.30. The van der Waals surface area contributed by atoms with Crippen molar-refractivity contribution in [2.75, 3.05) is 0 Å². The Balaban J connectivity index is 1.62. The zero-order valence-electron chi connectivity index (χ0n) is 14.6. The molecule has 0 unspecified atom stereocenters. The monoisotopic (exact) mass is 396 g/mol. The Morgan fingerprint density at radius 3 is 2.78 bits per heavy atom. The minimum atomic E-state index is -0.191. The highest BCUT2D eigenvalue weighted by Crippen LogP contribution is 2.25. The van der Waals surface area contributed by atoms with Crippen LogP contribution >= 0.6 is 22.9 Å². The Bertz CT molecular complexity index is 1090. The van der Waals surface area contributed by atoms with E-state index in [1.54, 1.807) is 5.51 Å². The zero-order chi connectivity index (χ0) is 18.8. The molecule has 5 nitrogen and oxygen atoms in total. The molecule has 7 heteroatoms. The molecule has 4 rings (SSSR count). The summed E-state index contributed by atoms with van der Waals surface area (Å²) in [5, 5.41) is 5.60. The Labute approximate surface area is 165 Å². The van der Waals surface area contributed by atoms with Crippen molar-refractivity contribution in [2.45, 2.75) is 19.5 Å². The van der Waals surface area contributed by atoms with Crippen LogP contribution in [0.4, 0.5) is 0 Å². The summed E-state index contributed by atoms with van der Waals surface area (Å²) in [5.74, 6) is 0.583. The minimum Gasteiger partial charge on any atom is -0.348 e. The molecule has 2 aromatic carbocycles. The number of aromatic nitrogens is 3. The molecule has 4 aromatic rings. The molecule has 0 spiro atoms. The number of amides is 1. The lowest BCUT2D eigenvalue weighted by Gasteiger charge is -2.16. The van der Waals surface area contributed by atoms with Crippen molar-refractivity contribution in [3.05, 3.63) is 70.0 Å². The van der Waals surface area contributed by atoms with Gasteiger partial charge in [-0.1, -0.05) is 41.9 Å².